The van der Waals surface area contributed by atoms with Crippen molar-refractivity contribution < 1.29 is 14.3 Å². The lowest BCUT2D eigenvalue weighted by Crippen LogP contribution is -2.46. The summed E-state index contributed by atoms with van der Waals surface area (Å²) in [4.78, 5) is 26.4. The standard InChI is InChI=1S/C22H24N2O3/c1-15(25)18-3-2-4-21(12-18)27-20-7-5-17(6-8-20)22(26)23-19-11-16-9-10-24(13-16)14-19/h2-8,12,16,19H,9-11,13-14H2,1H3,(H,23,26)/t16-,19-/m1/s1. The Morgan fingerprint density at radius 1 is 1.04 bits per heavy atom. The van der Waals surface area contributed by atoms with Crippen LogP contribution in [0.3, 0.4) is 0 Å². The molecule has 2 heterocycles. The predicted molar refractivity (Wildman–Crippen MR) is 103 cm³/mol. The van der Waals surface area contributed by atoms with Gasteiger partial charge in [-0.2, -0.15) is 0 Å². The molecule has 140 valence electrons. The average molecular weight is 364 g/mol. The Bertz CT molecular complexity index is 835. The maximum absolute atomic E-state index is 12.5. The third-order valence-corrected chi connectivity index (χ3v) is 5.39. The zero-order valence-electron chi connectivity index (χ0n) is 15.5. The van der Waals surface area contributed by atoms with Gasteiger partial charge in [-0.15, -0.1) is 0 Å². The van der Waals surface area contributed by atoms with Gasteiger partial charge in [0.1, 0.15) is 11.5 Å². The van der Waals surface area contributed by atoms with Crippen LogP contribution in [0.15, 0.2) is 48.5 Å². The lowest BCUT2D eigenvalue weighted by Gasteiger charge is -2.30. The number of nitrogens with one attached hydrogen (secondary N) is 1. The number of fused-ring (bicyclic) bond motifs is 2. The average Bonchev–Trinajstić information content (AvgIpc) is 3.01. The number of amides is 1. The largest absolute Gasteiger partial charge is 0.457 e. The maximum atomic E-state index is 12.5. The first-order valence-electron chi connectivity index (χ1n) is 9.49. The zero-order valence-corrected chi connectivity index (χ0v) is 15.5. The first kappa shape index (κ1) is 17.7. The van der Waals surface area contributed by atoms with Gasteiger partial charge in [0.15, 0.2) is 5.78 Å². The van der Waals surface area contributed by atoms with Crippen molar-refractivity contribution in [3.05, 3.63) is 59.7 Å². The number of ether oxygens (including phenoxy) is 1. The van der Waals surface area contributed by atoms with Gasteiger partial charge in [0.05, 0.1) is 0 Å². The van der Waals surface area contributed by atoms with Crippen LogP contribution >= 0.6 is 0 Å². The maximum Gasteiger partial charge on any atom is 0.251 e. The van der Waals surface area contributed by atoms with E-state index in [1.54, 1.807) is 48.5 Å². The molecule has 2 bridgehead atoms. The van der Waals surface area contributed by atoms with Gasteiger partial charge in [0.25, 0.3) is 5.91 Å². The van der Waals surface area contributed by atoms with E-state index in [0.29, 0.717) is 22.6 Å². The summed E-state index contributed by atoms with van der Waals surface area (Å²) in [7, 11) is 0. The molecule has 4 rings (SSSR count). The van der Waals surface area contributed by atoms with Gasteiger partial charge in [-0.3, -0.25) is 9.59 Å². The number of piperidine rings is 1. The molecule has 1 amide bonds. The van der Waals surface area contributed by atoms with Crippen molar-refractivity contribution in [2.24, 2.45) is 5.92 Å². The molecule has 5 heteroatoms. The molecule has 3 atom stereocenters. The number of nitrogens with zero attached hydrogens (tertiary/aromatic N) is 1. The Hall–Kier alpha value is -2.66. The Labute approximate surface area is 159 Å². The number of carbonyl (C=O) groups excluding carboxylic acids is 2. The molecule has 0 spiro atoms. The van der Waals surface area contributed by atoms with E-state index >= 15 is 0 Å². The molecule has 27 heavy (non-hydrogen) atoms. The molecule has 0 aromatic heterocycles. The smallest absolute Gasteiger partial charge is 0.251 e. The van der Waals surface area contributed by atoms with E-state index < -0.39 is 0 Å². The van der Waals surface area contributed by atoms with Crippen molar-refractivity contribution in [3.63, 3.8) is 0 Å². The number of ketones is 1. The second kappa shape index (κ2) is 7.53. The highest BCUT2D eigenvalue weighted by atomic mass is 16.5. The van der Waals surface area contributed by atoms with Gasteiger partial charge < -0.3 is 15.0 Å². The summed E-state index contributed by atoms with van der Waals surface area (Å²) < 4.78 is 5.80. The van der Waals surface area contributed by atoms with Gasteiger partial charge in [-0.1, -0.05) is 12.1 Å². The fourth-order valence-corrected chi connectivity index (χ4v) is 4.02. The molecule has 2 aliphatic rings. The Morgan fingerprint density at radius 2 is 1.85 bits per heavy atom. The SMILES string of the molecule is CC(=O)c1cccc(Oc2ccc(C(=O)N[C@@H]3C[C@H]4CCN(C4)C3)cc2)c1. The summed E-state index contributed by atoms with van der Waals surface area (Å²) in [6, 6.07) is 14.4. The zero-order chi connectivity index (χ0) is 18.8. The van der Waals surface area contributed by atoms with Gasteiger partial charge >= 0.3 is 0 Å². The summed E-state index contributed by atoms with van der Waals surface area (Å²) in [5.74, 6) is 1.93. The minimum atomic E-state index is -0.0346. The van der Waals surface area contributed by atoms with Crippen LogP contribution < -0.4 is 10.1 Å². The van der Waals surface area contributed by atoms with Crippen molar-refractivity contribution in [1.82, 2.24) is 10.2 Å². The molecular weight excluding hydrogens is 340 g/mol. The molecule has 1 N–H and O–H groups in total. The summed E-state index contributed by atoms with van der Waals surface area (Å²) in [6.07, 6.45) is 2.33. The van der Waals surface area contributed by atoms with Crippen LogP contribution in [-0.4, -0.2) is 42.3 Å². The quantitative estimate of drug-likeness (QED) is 0.825. The van der Waals surface area contributed by atoms with Gasteiger partial charge in [-0.25, -0.2) is 0 Å². The summed E-state index contributed by atoms with van der Waals surface area (Å²) in [5.41, 5.74) is 1.24. The van der Waals surface area contributed by atoms with E-state index in [4.69, 9.17) is 4.74 Å². The highest BCUT2D eigenvalue weighted by Gasteiger charge is 2.32. The van der Waals surface area contributed by atoms with Crippen LogP contribution in [0.5, 0.6) is 11.5 Å². The minimum Gasteiger partial charge on any atom is -0.457 e. The number of Topliss-reactive ketones (excluding diaryl/α,β-unsaturated/α-hetero) is 1. The molecule has 0 aliphatic carbocycles. The van der Waals surface area contributed by atoms with E-state index in [1.807, 2.05) is 0 Å². The van der Waals surface area contributed by atoms with Gasteiger partial charge in [0, 0.05) is 30.3 Å². The molecule has 0 saturated carbocycles. The second-order valence-electron chi connectivity index (χ2n) is 7.53. The Kier molecular flexibility index (Phi) is 4.94. The first-order valence-corrected chi connectivity index (χ1v) is 9.49. The summed E-state index contributed by atoms with van der Waals surface area (Å²) >= 11 is 0. The summed E-state index contributed by atoms with van der Waals surface area (Å²) in [5, 5.41) is 3.17. The lowest BCUT2D eigenvalue weighted by molar-refractivity contribution is 0.0908. The fraction of sp³-hybridized carbons (Fsp3) is 0.364. The molecule has 2 fully saturated rings. The van der Waals surface area contributed by atoms with Crippen molar-refractivity contribution in [2.45, 2.75) is 25.8 Å². The number of benzene rings is 2. The molecule has 5 nitrogen and oxygen atoms in total. The van der Waals surface area contributed by atoms with E-state index in [-0.39, 0.29) is 17.7 Å². The molecule has 1 unspecified atom stereocenters. The van der Waals surface area contributed by atoms with Crippen LogP contribution in [-0.2, 0) is 0 Å². The van der Waals surface area contributed by atoms with Crippen LogP contribution in [0.2, 0.25) is 0 Å². The van der Waals surface area contributed by atoms with Crippen molar-refractivity contribution in [3.8, 4) is 11.5 Å². The van der Waals surface area contributed by atoms with Crippen LogP contribution in [0.1, 0.15) is 40.5 Å². The molecule has 2 aromatic rings. The fourth-order valence-electron chi connectivity index (χ4n) is 4.02. The normalized spacial score (nSPS) is 23.7. The van der Waals surface area contributed by atoms with Crippen molar-refractivity contribution >= 4 is 11.7 Å². The number of rotatable bonds is 5. The Balaban J connectivity index is 1.37. The van der Waals surface area contributed by atoms with E-state index in [2.05, 4.69) is 10.2 Å². The lowest BCUT2D eigenvalue weighted by atomic mass is 9.96. The Morgan fingerprint density at radius 3 is 2.59 bits per heavy atom. The van der Waals surface area contributed by atoms with Crippen LogP contribution in [0.4, 0.5) is 0 Å². The van der Waals surface area contributed by atoms with Crippen molar-refractivity contribution in [2.75, 3.05) is 19.6 Å². The number of hydrogen-bond acceptors (Lipinski definition) is 4. The van der Waals surface area contributed by atoms with E-state index in [1.165, 1.54) is 19.9 Å². The van der Waals surface area contributed by atoms with Gasteiger partial charge in [-0.05, 0) is 68.6 Å². The highest BCUT2D eigenvalue weighted by molar-refractivity contribution is 5.95. The molecular formula is C22H24N2O3. The number of carbonyl (C=O) groups is 2. The number of hydrogen-bond donors (Lipinski definition) is 1. The minimum absolute atomic E-state index is 0.0000509. The third-order valence-electron chi connectivity index (χ3n) is 5.39. The summed E-state index contributed by atoms with van der Waals surface area (Å²) in [6.45, 7) is 4.83. The molecule has 2 aliphatic heterocycles. The van der Waals surface area contributed by atoms with E-state index in [9.17, 15) is 9.59 Å². The molecule has 2 saturated heterocycles. The predicted octanol–water partition coefficient (Wildman–Crippen LogP) is 3.51. The molecule has 2 aromatic carbocycles. The van der Waals surface area contributed by atoms with Gasteiger partial charge in [0.2, 0.25) is 0 Å². The van der Waals surface area contributed by atoms with Crippen LogP contribution in [0, 0.1) is 5.92 Å². The molecule has 0 radical (unpaired) electrons. The van der Waals surface area contributed by atoms with Crippen LogP contribution in [0.25, 0.3) is 0 Å². The monoisotopic (exact) mass is 364 g/mol. The topological polar surface area (TPSA) is 58.6 Å². The second-order valence-corrected chi connectivity index (χ2v) is 7.53. The first-order chi connectivity index (χ1) is 13.1. The van der Waals surface area contributed by atoms with Crippen molar-refractivity contribution in [1.29, 1.82) is 0 Å². The third kappa shape index (κ3) is 4.19. The highest BCUT2D eigenvalue weighted by Crippen LogP contribution is 2.27. The van der Waals surface area contributed by atoms with E-state index in [0.717, 1.165) is 25.4 Å².